The number of fused-ring (bicyclic) bond motifs is 1. The van der Waals surface area contributed by atoms with Gasteiger partial charge in [-0.15, -0.1) is 0 Å². The number of hydrogen-bond acceptors (Lipinski definition) is 6. The van der Waals surface area contributed by atoms with E-state index in [1.54, 1.807) is 24.1 Å². The van der Waals surface area contributed by atoms with Crippen LogP contribution in [0.25, 0.3) is 0 Å². The van der Waals surface area contributed by atoms with Gasteiger partial charge >= 0.3 is 6.03 Å². The molecule has 1 aromatic carbocycles. The highest BCUT2D eigenvalue weighted by Crippen LogP contribution is 2.41. The Morgan fingerprint density at radius 1 is 1.19 bits per heavy atom. The maximum Gasteiger partial charge on any atom is 0.330 e. The van der Waals surface area contributed by atoms with Gasteiger partial charge in [0, 0.05) is 24.3 Å². The van der Waals surface area contributed by atoms with Gasteiger partial charge in [0.1, 0.15) is 11.5 Å². The number of ether oxygens (including phenoxy) is 1. The standard InChI is InChI=1S/C27H38ClFN6O2/c1-4-33(5-2)16-10-9-15-30-26-31-17-19-18-34(24-21(28)13-14-22(23(24)29)37-6-3)27(36)35(25(19)32-26)20-11-7-8-12-20/h13-14,17,20H,4-12,15-16,18H2,1-3H3,(H,30,31,32). The summed E-state index contributed by atoms with van der Waals surface area (Å²) in [6.45, 7) is 10.5. The van der Waals surface area contributed by atoms with Crippen LogP contribution in [0.3, 0.4) is 0 Å². The van der Waals surface area contributed by atoms with Gasteiger partial charge in [-0.1, -0.05) is 38.3 Å². The predicted octanol–water partition coefficient (Wildman–Crippen LogP) is 6.09. The van der Waals surface area contributed by atoms with Gasteiger partial charge < -0.3 is 15.0 Å². The van der Waals surface area contributed by atoms with Crippen molar-refractivity contribution in [3.63, 3.8) is 0 Å². The molecule has 2 amide bonds. The minimum absolute atomic E-state index is 0.00258. The lowest BCUT2D eigenvalue weighted by atomic mass is 10.1. The molecule has 4 rings (SSSR count). The Kier molecular flexibility index (Phi) is 9.43. The van der Waals surface area contributed by atoms with E-state index in [0.717, 1.165) is 70.3 Å². The van der Waals surface area contributed by atoms with E-state index in [-0.39, 0.29) is 35.1 Å². The number of halogens is 2. The molecule has 10 heteroatoms. The van der Waals surface area contributed by atoms with Crippen LogP contribution >= 0.6 is 11.6 Å². The molecule has 1 N–H and O–H groups in total. The molecule has 37 heavy (non-hydrogen) atoms. The summed E-state index contributed by atoms with van der Waals surface area (Å²) in [5.41, 5.74) is 0.789. The summed E-state index contributed by atoms with van der Waals surface area (Å²) in [5.74, 6) is 0.547. The van der Waals surface area contributed by atoms with Crippen molar-refractivity contribution in [3.8, 4) is 5.75 Å². The maximum atomic E-state index is 15.5. The molecule has 2 aromatic rings. The number of urea groups is 1. The zero-order valence-electron chi connectivity index (χ0n) is 22.1. The van der Waals surface area contributed by atoms with Crippen LogP contribution in [-0.4, -0.2) is 59.7 Å². The molecule has 2 heterocycles. The van der Waals surface area contributed by atoms with Gasteiger partial charge in [-0.3, -0.25) is 9.80 Å². The summed E-state index contributed by atoms with van der Waals surface area (Å²) in [6, 6.07) is 2.74. The number of hydrogen-bond donors (Lipinski definition) is 1. The van der Waals surface area contributed by atoms with Crippen LogP contribution < -0.4 is 19.9 Å². The van der Waals surface area contributed by atoms with Crippen molar-refractivity contribution in [2.75, 3.05) is 47.9 Å². The molecule has 1 aliphatic heterocycles. The lowest BCUT2D eigenvalue weighted by Crippen LogP contribution is -2.52. The van der Waals surface area contributed by atoms with Crippen molar-refractivity contribution in [1.82, 2.24) is 14.9 Å². The van der Waals surface area contributed by atoms with E-state index in [1.165, 1.54) is 11.0 Å². The summed E-state index contributed by atoms with van der Waals surface area (Å²) in [7, 11) is 0. The van der Waals surface area contributed by atoms with Gasteiger partial charge in [0.25, 0.3) is 0 Å². The van der Waals surface area contributed by atoms with Crippen LogP contribution in [0.1, 0.15) is 64.9 Å². The van der Waals surface area contributed by atoms with Gasteiger partial charge in [0.2, 0.25) is 5.95 Å². The summed E-state index contributed by atoms with van der Waals surface area (Å²) < 4.78 is 20.9. The van der Waals surface area contributed by atoms with Crippen molar-refractivity contribution in [1.29, 1.82) is 0 Å². The molecule has 0 unspecified atom stereocenters. The van der Waals surface area contributed by atoms with Crippen LogP contribution in [0, 0.1) is 5.82 Å². The second kappa shape index (κ2) is 12.7. The molecule has 2 aliphatic rings. The first-order chi connectivity index (χ1) is 18.0. The monoisotopic (exact) mass is 532 g/mol. The van der Waals surface area contributed by atoms with Gasteiger partial charge in [0.15, 0.2) is 11.6 Å². The SMILES string of the molecule is CCOc1ccc(Cl)c(N2Cc3cnc(NCCCCN(CC)CC)nc3N(C3CCCC3)C2=O)c1F. The number of nitrogens with one attached hydrogen (secondary N) is 1. The number of aromatic nitrogens is 2. The van der Waals surface area contributed by atoms with E-state index in [9.17, 15) is 4.79 Å². The van der Waals surface area contributed by atoms with Crippen molar-refractivity contribution >= 4 is 35.1 Å². The maximum absolute atomic E-state index is 15.5. The van der Waals surface area contributed by atoms with Crippen LogP contribution in [0.5, 0.6) is 5.75 Å². The Labute approximate surface area is 224 Å². The second-order valence-corrected chi connectivity index (χ2v) is 9.93. The van der Waals surface area contributed by atoms with E-state index in [2.05, 4.69) is 29.0 Å². The third-order valence-electron chi connectivity index (χ3n) is 7.21. The smallest absolute Gasteiger partial charge is 0.330 e. The average Bonchev–Trinajstić information content (AvgIpc) is 3.43. The fraction of sp³-hybridized carbons (Fsp3) is 0.593. The Hall–Kier alpha value is -2.65. The zero-order valence-corrected chi connectivity index (χ0v) is 22.9. The molecule has 1 aliphatic carbocycles. The molecular weight excluding hydrogens is 495 g/mol. The number of unbranched alkanes of at least 4 members (excludes halogenated alkanes) is 1. The van der Waals surface area contributed by atoms with Gasteiger partial charge in [-0.25, -0.2) is 14.2 Å². The zero-order chi connectivity index (χ0) is 26.4. The third kappa shape index (κ3) is 6.09. The predicted molar refractivity (Wildman–Crippen MR) is 146 cm³/mol. The Morgan fingerprint density at radius 3 is 2.65 bits per heavy atom. The van der Waals surface area contributed by atoms with Crippen LogP contribution in [0.2, 0.25) is 5.02 Å². The van der Waals surface area contributed by atoms with Gasteiger partial charge in [-0.2, -0.15) is 4.98 Å². The number of anilines is 3. The summed E-state index contributed by atoms with van der Waals surface area (Å²) in [4.78, 5) is 28.7. The van der Waals surface area contributed by atoms with Gasteiger partial charge in [-0.05, 0) is 64.4 Å². The molecule has 0 bridgehead atoms. The number of amides is 2. The summed E-state index contributed by atoms with van der Waals surface area (Å²) in [5, 5.41) is 3.48. The molecule has 1 fully saturated rings. The lowest BCUT2D eigenvalue weighted by molar-refractivity contribution is 0.247. The minimum Gasteiger partial charge on any atom is -0.491 e. The quantitative estimate of drug-likeness (QED) is 0.333. The topological polar surface area (TPSA) is 73.8 Å². The van der Waals surface area contributed by atoms with Gasteiger partial charge in [0.05, 0.1) is 18.2 Å². The summed E-state index contributed by atoms with van der Waals surface area (Å²) in [6.07, 6.45) is 7.68. The summed E-state index contributed by atoms with van der Waals surface area (Å²) >= 11 is 6.43. The lowest BCUT2D eigenvalue weighted by Gasteiger charge is -2.39. The molecule has 0 atom stereocenters. The number of rotatable bonds is 12. The molecular formula is C27H38ClFN6O2. The van der Waals surface area contributed by atoms with Crippen molar-refractivity contribution < 1.29 is 13.9 Å². The van der Waals surface area contributed by atoms with Crippen molar-refractivity contribution in [2.24, 2.45) is 0 Å². The number of benzene rings is 1. The van der Waals surface area contributed by atoms with E-state index >= 15 is 4.39 Å². The number of carbonyl (C=O) groups excluding carboxylic acids is 1. The fourth-order valence-electron chi connectivity index (χ4n) is 5.17. The molecule has 1 saturated carbocycles. The Balaban J connectivity index is 1.57. The van der Waals surface area contributed by atoms with Crippen LogP contribution in [0.4, 0.5) is 26.6 Å². The normalized spacial score (nSPS) is 16.0. The van der Waals surface area contributed by atoms with Crippen LogP contribution in [0.15, 0.2) is 18.3 Å². The van der Waals surface area contributed by atoms with E-state index < -0.39 is 5.82 Å². The highest BCUT2D eigenvalue weighted by Gasteiger charge is 2.40. The highest BCUT2D eigenvalue weighted by molar-refractivity contribution is 6.34. The molecule has 0 spiro atoms. The van der Waals surface area contributed by atoms with E-state index in [4.69, 9.17) is 21.3 Å². The average molecular weight is 533 g/mol. The molecule has 1 aromatic heterocycles. The Bertz CT molecular complexity index is 1080. The van der Waals surface area contributed by atoms with Crippen molar-refractivity contribution in [2.45, 2.75) is 71.9 Å². The first-order valence-corrected chi connectivity index (χ1v) is 13.9. The largest absolute Gasteiger partial charge is 0.491 e. The van der Waals surface area contributed by atoms with E-state index in [1.807, 2.05) is 0 Å². The Morgan fingerprint density at radius 2 is 1.95 bits per heavy atom. The molecule has 0 saturated heterocycles. The highest BCUT2D eigenvalue weighted by atomic mass is 35.5. The van der Waals surface area contributed by atoms with Crippen molar-refractivity contribution in [3.05, 3.63) is 34.7 Å². The van der Waals surface area contributed by atoms with E-state index in [0.29, 0.717) is 18.4 Å². The molecule has 0 radical (unpaired) electrons. The number of nitrogens with zero attached hydrogens (tertiary/aromatic N) is 5. The molecule has 8 nitrogen and oxygen atoms in total. The fourth-order valence-corrected chi connectivity index (χ4v) is 5.41. The first-order valence-electron chi connectivity index (χ1n) is 13.5. The second-order valence-electron chi connectivity index (χ2n) is 9.52. The third-order valence-corrected chi connectivity index (χ3v) is 7.51. The number of carbonyl (C=O) groups is 1. The first kappa shape index (κ1) is 27.4. The molecule has 202 valence electrons. The van der Waals surface area contributed by atoms with Crippen LogP contribution in [-0.2, 0) is 6.54 Å². The minimum atomic E-state index is -0.638.